The number of hydrogen-bond donors (Lipinski definition) is 2. The first-order valence-corrected chi connectivity index (χ1v) is 10.6. The molecule has 0 spiro atoms. The standard InChI is InChI=1S/C21H31N5O7.N2/c1-12(27)23-19-24-15-14(16(28)25-19)22-10-26(15)11-33-13(8-31-17(29)20(2,3)4)9-32-18(30)21(5,6)7;1-2/h10,13H,8-9,11H2,1-7H3,(H2,23,24,25,27,28);. The molecule has 0 atom stereocenters. The Hall–Kier alpha value is -3.86. The average Bonchev–Trinajstić information content (AvgIpc) is 3.15. The molecule has 14 heteroatoms. The molecule has 0 saturated carbocycles. The third kappa shape index (κ3) is 8.78. The molecule has 0 aromatic carbocycles. The molecular formula is C21H31N7O7. The number of imidazole rings is 1. The Morgan fingerprint density at radius 3 is 2.03 bits per heavy atom. The number of aromatic amines is 1. The summed E-state index contributed by atoms with van der Waals surface area (Å²) in [5.74, 6) is -1.29. The number of hydrogen-bond acceptors (Lipinski definition) is 11. The van der Waals surface area contributed by atoms with Crippen molar-refractivity contribution in [1.82, 2.24) is 19.5 Å². The van der Waals surface area contributed by atoms with Crippen molar-refractivity contribution >= 4 is 35.0 Å². The topological polar surface area (TPSA) is 202 Å². The molecule has 35 heavy (non-hydrogen) atoms. The summed E-state index contributed by atoms with van der Waals surface area (Å²) in [5, 5.41) is 14.4. The smallest absolute Gasteiger partial charge is 0.311 e. The molecular weight excluding hydrogens is 462 g/mol. The molecule has 0 aliphatic rings. The summed E-state index contributed by atoms with van der Waals surface area (Å²) in [6.07, 6.45) is 0.570. The summed E-state index contributed by atoms with van der Waals surface area (Å²) in [4.78, 5) is 58.4. The van der Waals surface area contributed by atoms with Crippen LogP contribution in [0.2, 0.25) is 0 Å². The minimum absolute atomic E-state index is 0.0310. The number of anilines is 1. The van der Waals surface area contributed by atoms with Crippen LogP contribution >= 0.6 is 0 Å². The highest BCUT2D eigenvalue weighted by molar-refractivity contribution is 5.87. The fraction of sp³-hybridized carbons (Fsp3) is 0.619. The highest BCUT2D eigenvalue weighted by Crippen LogP contribution is 2.18. The Morgan fingerprint density at radius 1 is 1.06 bits per heavy atom. The summed E-state index contributed by atoms with van der Waals surface area (Å²) >= 11 is 0. The van der Waals surface area contributed by atoms with Crippen LogP contribution in [-0.4, -0.2) is 56.7 Å². The Kier molecular flexibility index (Phi) is 10.0. The lowest BCUT2D eigenvalue weighted by atomic mass is 9.97. The number of carbonyl (C=O) groups is 3. The van der Waals surface area contributed by atoms with Crippen molar-refractivity contribution < 1.29 is 28.6 Å². The fourth-order valence-corrected chi connectivity index (χ4v) is 2.37. The van der Waals surface area contributed by atoms with E-state index in [1.807, 2.05) is 0 Å². The second kappa shape index (κ2) is 12.0. The normalized spacial score (nSPS) is 11.5. The van der Waals surface area contributed by atoms with Gasteiger partial charge in [0.05, 0.1) is 17.2 Å². The summed E-state index contributed by atoms with van der Waals surface area (Å²) in [6.45, 7) is 11.2. The van der Waals surface area contributed by atoms with Crippen molar-refractivity contribution in [2.24, 2.45) is 10.8 Å². The summed E-state index contributed by atoms with van der Waals surface area (Å²) in [5.41, 5.74) is -1.71. The van der Waals surface area contributed by atoms with E-state index < -0.39 is 40.3 Å². The van der Waals surface area contributed by atoms with Crippen LogP contribution in [0.3, 0.4) is 0 Å². The zero-order chi connectivity index (χ0) is 27.0. The van der Waals surface area contributed by atoms with E-state index in [1.165, 1.54) is 17.8 Å². The van der Waals surface area contributed by atoms with E-state index >= 15 is 0 Å². The molecule has 0 fully saturated rings. The SMILES string of the molecule is CC(=O)Nc1nc2c(ncn2COC(COC(=O)C(C)(C)C)COC(=O)C(C)(C)C)c(=O)[nH]1.N#N. The van der Waals surface area contributed by atoms with Gasteiger partial charge in [0.1, 0.15) is 26.0 Å². The molecule has 14 nitrogen and oxygen atoms in total. The van der Waals surface area contributed by atoms with Gasteiger partial charge in [0.25, 0.3) is 5.56 Å². The highest BCUT2D eigenvalue weighted by Gasteiger charge is 2.27. The molecule has 2 heterocycles. The van der Waals surface area contributed by atoms with Gasteiger partial charge in [0.15, 0.2) is 11.2 Å². The Labute approximate surface area is 201 Å². The highest BCUT2D eigenvalue weighted by atomic mass is 16.6. The predicted octanol–water partition coefficient (Wildman–Crippen LogP) is 1.63. The molecule has 2 N–H and O–H groups in total. The lowest BCUT2D eigenvalue weighted by Crippen LogP contribution is -2.34. The van der Waals surface area contributed by atoms with E-state index in [9.17, 15) is 19.2 Å². The maximum Gasteiger partial charge on any atom is 0.311 e. The van der Waals surface area contributed by atoms with Crippen LogP contribution in [0.4, 0.5) is 5.95 Å². The van der Waals surface area contributed by atoms with E-state index in [0.717, 1.165) is 0 Å². The summed E-state index contributed by atoms with van der Waals surface area (Å²) in [6, 6.07) is 0. The second-order valence-corrected chi connectivity index (χ2v) is 9.60. The lowest BCUT2D eigenvalue weighted by Gasteiger charge is -2.23. The van der Waals surface area contributed by atoms with Crippen molar-refractivity contribution in [3.05, 3.63) is 16.7 Å². The minimum Gasteiger partial charge on any atom is -0.462 e. The first-order valence-electron chi connectivity index (χ1n) is 10.6. The van der Waals surface area contributed by atoms with Crippen LogP contribution in [0.25, 0.3) is 11.2 Å². The maximum absolute atomic E-state index is 12.2. The van der Waals surface area contributed by atoms with Crippen LogP contribution < -0.4 is 10.9 Å². The van der Waals surface area contributed by atoms with E-state index in [1.54, 1.807) is 41.5 Å². The number of rotatable bonds is 8. The van der Waals surface area contributed by atoms with Gasteiger partial charge >= 0.3 is 11.9 Å². The maximum atomic E-state index is 12.2. The van der Waals surface area contributed by atoms with Gasteiger partial charge in [-0.05, 0) is 41.5 Å². The monoisotopic (exact) mass is 493 g/mol. The first kappa shape index (κ1) is 29.2. The molecule has 192 valence electrons. The minimum atomic E-state index is -0.781. The number of nitrogens with one attached hydrogen (secondary N) is 2. The van der Waals surface area contributed by atoms with Crippen molar-refractivity contribution in [3.63, 3.8) is 0 Å². The van der Waals surface area contributed by atoms with Gasteiger partial charge in [-0.2, -0.15) is 4.98 Å². The van der Waals surface area contributed by atoms with Gasteiger partial charge in [0, 0.05) is 17.7 Å². The van der Waals surface area contributed by atoms with Crippen molar-refractivity contribution in [2.75, 3.05) is 18.5 Å². The molecule has 2 aromatic rings. The van der Waals surface area contributed by atoms with E-state index in [4.69, 9.17) is 25.0 Å². The van der Waals surface area contributed by atoms with Gasteiger partial charge < -0.3 is 14.2 Å². The van der Waals surface area contributed by atoms with E-state index in [-0.39, 0.29) is 37.1 Å². The molecule has 2 rings (SSSR count). The van der Waals surface area contributed by atoms with Gasteiger partial charge in [0.2, 0.25) is 11.9 Å². The number of fused-ring (bicyclic) bond motifs is 1. The number of amides is 1. The number of aromatic nitrogens is 4. The summed E-state index contributed by atoms with van der Waals surface area (Å²) in [7, 11) is 0. The zero-order valence-electron chi connectivity index (χ0n) is 20.9. The number of H-pyrrole nitrogens is 1. The van der Waals surface area contributed by atoms with Gasteiger partial charge in [-0.1, -0.05) is 0 Å². The van der Waals surface area contributed by atoms with Crippen molar-refractivity contribution in [2.45, 2.75) is 61.3 Å². The van der Waals surface area contributed by atoms with Crippen LogP contribution in [0.15, 0.2) is 11.1 Å². The molecule has 0 unspecified atom stereocenters. The number of carbonyl (C=O) groups excluding carboxylic acids is 3. The number of ether oxygens (including phenoxy) is 3. The lowest BCUT2D eigenvalue weighted by molar-refractivity contribution is -0.166. The third-order valence-corrected chi connectivity index (χ3v) is 4.24. The second-order valence-electron chi connectivity index (χ2n) is 9.60. The predicted molar refractivity (Wildman–Crippen MR) is 122 cm³/mol. The third-order valence-electron chi connectivity index (χ3n) is 4.24. The van der Waals surface area contributed by atoms with Gasteiger partial charge in [-0.15, -0.1) is 0 Å². The fourth-order valence-electron chi connectivity index (χ4n) is 2.37. The zero-order valence-corrected chi connectivity index (χ0v) is 20.9. The van der Waals surface area contributed by atoms with Crippen LogP contribution in [0, 0.1) is 21.6 Å². The van der Waals surface area contributed by atoms with Crippen molar-refractivity contribution in [3.8, 4) is 0 Å². The summed E-state index contributed by atoms with van der Waals surface area (Å²) < 4.78 is 17.9. The van der Waals surface area contributed by atoms with Gasteiger partial charge in [-0.3, -0.25) is 34.0 Å². The Morgan fingerprint density at radius 2 is 1.57 bits per heavy atom. The van der Waals surface area contributed by atoms with E-state index in [2.05, 4.69) is 20.3 Å². The molecule has 2 aromatic heterocycles. The van der Waals surface area contributed by atoms with Crippen LogP contribution in [0.5, 0.6) is 0 Å². The number of nitrogens with zero attached hydrogens (tertiary/aromatic N) is 5. The molecule has 1 amide bonds. The van der Waals surface area contributed by atoms with Crippen molar-refractivity contribution in [1.29, 1.82) is 10.8 Å². The largest absolute Gasteiger partial charge is 0.462 e. The quantitative estimate of drug-likeness (QED) is 0.399. The molecule has 0 aliphatic heterocycles. The average molecular weight is 494 g/mol. The Balaban J connectivity index is 0.00000298. The van der Waals surface area contributed by atoms with Gasteiger partial charge in [-0.25, -0.2) is 4.98 Å². The van der Waals surface area contributed by atoms with Crippen LogP contribution in [-0.2, 0) is 35.3 Å². The molecule has 0 radical (unpaired) electrons. The van der Waals surface area contributed by atoms with E-state index in [0.29, 0.717) is 0 Å². The Bertz CT molecular complexity index is 1090. The molecule has 0 aliphatic carbocycles. The molecule has 0 saturated heterocycles. The first-order chi connectivity index (χ1) is 16.2. The van der Waals surface area contributed by atoms with Crippen LogP contribution in [0.1, 0.15) is 48.5 Å². The molecule has 0 bridgehead atoms. The number of esters is 2.